The van der Waals surface area contributed by atoms with Gasteiger partial charge in [-0.3, -0.25) is 9.78 Å². The van der Waals surface area contributed by atoms with E-state index in [0.717, 1.165) is 16.9 Å². The summed E-state index contributed by atoms with van der Waals surface area (Å²) < 4.78 is 6.37. The van der Waals surface area contributed by atoms with Gasteiger partial charge in [-0.05, 0) is 72.9 Å². The van der Waals surface area contributed by atoms with E-state index >= 15 is 0 Å². The number of hydrogen-bond acceptors (Lipinski definition) is 4. The molecule has 1 aliphatic heterocycles. The van der Waals surface area contributed by atoms with Gasteiger partial charge in [0.1, 0.15) is 17.6 Å². The molecule has 2 aromatic heterocycles. The molecule has 10 heteroatoms. The van der Waals surface area contributed by atoms with E-state index in [-0.39, 0.29) is 23.9 Å². The zero-order valence-corrected chi connectivity index (χ0v) is 23.5. The molecule has 1 amide bonds. The van der Waals surface area contributed by atoms with Gasteiger partial charge >= 0.3 is 0 Å². The summed E-state index contributed by atoms with van der Waals surface area (Å²) >= 11 is 24.7. The van der Waals surface area contributed by atoms with Gasteiger partial charge in [0.2, 0.25) is 5.91 Å². The fraction of sp³-hybridized carbons (Fsp3) is 0.179. The number of carbonyl (C=O) groups is 1. The molecule has 4 aromatic rings. The molecule has 0 aliphatic carbocycles. The normalized spacial score (nSPS) is 17.1. The van der Waals surface area contributed by atoms with Crippen molar-refractivity contribution < 1.29 is 9.21 Å². The van der Waals surface area contributed by atoms with Gasteiger partial charge in [-0.15, -0.1) is 0 Å². The van der Waals surface area contributed by atoms with E-state index in [1.54, 1.807) is 30.5 Å². The van der Waals surface area contributed by atoms with E-state index in [4.69, 9.17) is 51.4 Å². The van der Waals surface area contributed by atoms with E-state index in [2.05, 4.69) is 15.6 Å². The molecular weight excluding hydrogens is 563 g/mol. The summed E-state index contributed by atoms with van der Waals surface area (Å²) in [5.74, 6) is 1.02. The SMILES string of the molecule is CC(C)C(=O)Nc1ccc(N2C(=S)N[C@@H](c3ccccn3)[C@@H]2c2ccc(-c3ccc(Cl)c(Cl)c3)o2)cc1Cl. The van der Waals surface area contributed by atoms with Gasteiger partial charge in [-0.25, -0.2) is 0 Å². The smallest absolute Gasteiger partial charge is 0.226 e. The summed E-state index contributed by atoms with van der Waals surface area (Å²) in [4.78, 5) is 18.7. The van der Waals surface area contributed by atoms with Crippen LogP contribution in [0.2, 0.25) is 15.1 Å². The highest BCUT2D eigenvalue weighted by molar-refractivity contribution is 7.80. The lowest BCUT2D eigenvalue weighted by Crippen LogP contribution is -2.29. The first-order valence-electron chi connectivity index (χ1n) is 11.9. The first-order chi connectivity index (χ1) is 18.2. The number of carbonyl (C=O) groups excluding carboxylic acids is 1. The quantitative estimate of drug-likeness (QED) is 0.223. The van der Waals surface area contributed by atoms with Gasteiger partial charge in [0.25, 0.3) is 0 Å². The van der Waals surface area contributed by atoms with Crippen LogP contribution in [0.4, 0.5) is 11.4 Å². The minimum Gasteiger partial charge on any atom is -0.459 e. The molecule has 1 fully saturated rings. The summed E-state index contributed by atoms with van der Waals surface area (Å²) in [7, 11) is 0. The Labute approximate surface area is 240 Å². The lowest BCUT2D eigenvalue weighted by atomic mass is 10.0. The van der Waals surface area contributed by atoms with E-state index < -0.39 is 0 Å². The predicted octanol–water partition coefficient (Wildman–Crippen LogP) is 8.07. The number of rotatable bonds is 6. The molecule has 5 rings (SSSR count). The van der Waals surface area contributed by atoms with Crippen molar-refractivity contribution in [2.45, 2.75) is 25.9 Å². The standard InChI is InChI=1S/C28H23Cl3N4O2S/c1-15(2)27(36)33-21-9-7-17(14-20(21)31)35-26(25(34-28(35)38)22-5-3-4-12-32-22)24-11-10-23(37-24)16-6-8-18(29)19(30)13-16/h3-15,25-26H,1-2H3,(H,33,36)(H,34,38)/t25-,26-/m0/s1. The van der Waals surface area contributed by atoms with Crippen LogP contribution in [-0.4, -0.2) is 16.0 Å². The van der Waals surface area contributed by atoms with Crippen LogP contribution in [0.5, 0.6) is 0 Å². The van der Waals surface area contributed by atoms with Crippen molar-refractivity contribution in [3.8, 4) is 11.3 Å². The topological polar surface area (TPSA) is 70.4 Å². The highest BCUT2D eigenvalue weighted by atomic mass is 35.5. The second-order valence-electron chi connectivity index (χ2n) is 9.14. The summed E-state index contributed by atoms with van der Waals surface area (Å²) in [5, 5.41) is 8.06. The van der Waals surface area contributed by atoms with Crippen molar-refractivity contribution >= 4 is 69.4 Å². The van der Waals surface area contributed by atoms with Crippen LogP contribution in [0.1, 0.15) is 37.4 Å². The first-order valence-corrected chi connectivity index (χ1v) is 13.4. The molecule has 1 aliphatic rings. The second-order valence-corrected chi connectivity index (χ2v) is 10.7. The van der Waals surface area contributed by atoms with Gasteiger partial charge in [0.15, 0.2) is 5.11 Å². The molecule has 194 valence electrons. The van der Waals surface area contributed by atoms with Crippen molar-refractivity contribution in [1.82, 2.24) is 10.3 Å². The Morgan fingerprint density at radius 3 is 2.53 bits per heavy atom. The zero-order valence-electron chi connectivity index (χ0n) is 20.4. The Hall–Kier alpha value is -3.10. The third kappa shape index (κ3) is 5.24. The summed E-state index contributed by atoms with van der Waals surface area (Å²) in [6.07, 6.45) is 1.74. The molecule has 0 radical (unpaired) electrons. The maximum atomic E-state index is 12.2. The van der Waals surface area contributed by atoms with Crippen molar-refractivity contribution in [2.75, 3.05) is 10.2 Å². The summed E-state index contributed by atoms with van der Waals surface area (Å²) in [6.45, 7) is 3.65. The van der Waals surface area contributed by atoms with E-state index in [0.29, 0.717) is 37.4 Å². The Bertz CT molecular complexity index is 1510. The van der Waals surface area contributed by atoms with Crippen LogP contribution in [0.3, 0.4) is 0 Å². The Morgan fingerprint density at radius 1 is 1.03 bits per heavy atom. The van der Waals surface area contributed by atoms with Gasteiger partial charge in [-0.2, -0.15) is 0 Å². The third-order valence-electron chi connectivity index (χ3n) is 6.23. The number of thiocarbonyl (C=S) groups is 1. The highest BCUT2D eigenvalue weighted by Crippen LogP contribution is 2.44. The third-order valence-corrected chi connectivity index (χ3v) is 7.60. The van der Waals surface area contributed by atoms with E-state index in [1.807, 2.05) is 61.2 Å². The average molecular weight is 586 g/mol. The van der Waals surface area contributed by atoms with Crippen molar-refractivity contribution in [3.63, 3.8) is 0 Å². The summed E-state index contributed by atoms with van der Waals surface area (Å²) in [6, 6.07) is 19.6. The van der Waals surface area contributed by atoms with Gasteiger partial charge in [0.05, 0.1) is 32.5 Å². The molecule has 2 N–H and O–H groups in total. The molecule has 1 saturated heterocycles. The van der Waals surface area contributed by atoms with Crippen molar-refractivity contribution in [1.29, 1.82) is 0 Å². The molecule has 2 atom stereocenters. The predicted molar refractivity (Wildman–Crippen MR) is 157 cm³/mol. The average Bonchev–Trinajstić information content (AvgIpc) is 3.52. The molecule has 6 nitrogen and oxygen atoms in total. The molecule has 2 aromatic carbocycles. The van der Waals surface area contributed by atoms with Crippen LogP contribution >= 0.6 is 47.0 Å². The molecular formula is C28H23Cl3N4O2S. The zero-order chi connectivity index (χ0) is 27.0. The molecule has 0 saturated carbocycles. The van der Waals surface area contributed by atoms with Gasteiger partial charge < -0.3 is 20.0 Å². The van der Waals surface area contributed by atoms with Crippen LogP contribution < -0.4 is 15.5 Å². The highest BCUT2D eigenvalue weighted by Gasteiger charge is 2.42. The molecule has 0 spiro atoms. The fourth-order valence-corrected chi connectivity index (χ4v) is 5.14. The number of amides is 1. The maximum Gasteiger partial charge on any atom is 0.226 e. The largest absolute Gasteiger partial charge is 0.459 e. The van der Waals surface area contributed by atoms with Crippen LogP contribution in [-0.2, 0) is 4.79 Å². The lowest BCUT2D eigenvalue weighted by molar-refractivity contribution is -0.118. The monoisotopic (exact) mass is 584 g/mol. The number of furan rings is 1. The van der Waals surface area contributed by atoms with Crippen LogP contribution in [0.15, 0.2) is 77.3 Å². The Balaban J connectivity index is 1.55. The van der Waals surface area contributed by atoms with Crippen LogP contribution in [0.25, 0.3) is 11.3 Å². The van der Waals surface area contributed by atoms with E-state index in [1.165, 1.54) is 0 Å². The van der Waals surface area contributed by atoms with Crippen molar-refractivity contribution in [2.24, 2.45) is 5.92 Å². The lowest BCUT2D eigenvalue weighted by Gasteiger charge is -2.26. The number of benzene rings is 2. The molecule has 38 heavy (non-hydrogen) atoms. The number of halogens is 3. The fourth-order valence-electron chi connectivity index (χ4n) is 4.27. The Kier molecular flexibility index (Phi) is 7.63. The number of aromatic nitrogens is 1. The minimum atomic E-state index is -0.374. The van der Waals surface area contributed by atoms with Crippen molar-refractivity contribution in [3.05, 3.63) is 99.4 Å². The number of nitrogens with zero attached hydrogens (tertiary/aromatic N) is 2. The minimum absolute atomic E-state index is 0.114. The number of pyridine rings is 1. The van der Waals surface area contributed by atoms with Gasteiger partial charge in [-0.1, -0.05) is 54.7 Å². The van der Waals surface area contributed by atoms with Crippen LogP contribution in [0, 0.1) is 5.92 Å². The number of nitrogens with one attached hydrogen (secondary N) is 2. The first kappa shape index (κ1) is 26.5. The molecule has 0 bridgehead atoms. The second kappa shape index (κ2) is 10.9. The van der Waals surface area contributed by atoms with Gasteiger partial charge in [0, 0.05) is 23.4 Å². The number of hydrogen-bond donors (Lipinski definition) is 2. The maximum absolute atomic E-state index is 12.2. The molecule has 3 heterocycles. The number of anilines is 2. The Morgan fingerprint density at radius 2 is 1.84 bits per heavy atom. The molecule has 0 unspecified atom stereocenters. The van der Waals surface area contributed by atoms with E-state index in [9.17, 15) is 4.79 Å². The summed E-state index contributed by atoms with van der Waals surface area (Å²) in [5.41, 5.74) is 2.88.